The van der Waals surface area contributed by atoms with E-state index >= 15 is 0 Å². The molecule has 6 nitrogen and oxygen atoms in total. The van der Waals surface area contributed by atoms with Gasteiger partial charge in [0.2, 0.25) is 15.9 Å². The first-order valence-corrected chi connectivity index (χ1v) is 6.00. The van der Waals surface area contributed by atoms with Crippen LogP contribution in [-0.2, 0) is 19.6 Å². The van der Waals surface area contributed by atoms with Gasteiger partial charge in [0, 0.05) is 0 Å². The second kappa shape index (κ2) is 3.19. The molecule has 1 heterocycles. The molecule has 0 bridgehead atoms. The zero-order chi connectivity index (χ0) is 12.0. The smallest absolute Gasteiger partial charge is 0.327 e. The van der Waals surface area contributed by atoms with Crippen molar-refractivity contribution in [1.82, 2.24) is 4.31 Å². The minimum Gasteiger partial charge on any atom is -0.480 e. The molecule has 0 saturated carbocycles. The Bertz CT molecular complexity index is 411. The third-order valence-electron chi connectivity index (χ3n) is 2.33. The first-order chi connectivity index (χ1) is 6.59. The Labute approximate surface area is 87.9 Å². The van der Waals surface area contributed by atoms with E-state index in [1.165, 1.54) is 20.8 Å². The van der Waals surface area contributed by atoms with Gasteiger partial charge in [-0.25, -0.2) is 17.5 Å². The Balaban J connectivity index is 3.20. The number of rotatable bonds is 2. The second-order valence-electron chi connectivity index (χ2n) is 4.26. The van der Waals surface area contributed by atoms with Crippen molar-refractivity contribution in [2.45, 2.75) is 26.8 Å². The fourth-order valence-electron chi connectivity index (χ4n) is 1.53. The van der Waals surface area contributed by atoms with E-state index in [1.807, 2.05) is 0 Å². The van der Waals surface area contributed by atoms with Gasteiger partial charge in [0.15, 0.2) is 0 Å². The Morgan fingerprint density at radius 2 is 2.00 bits per heavy atom. The molecule has 0 aliphatic carbocycles. The maximum atomic E-state index is 11.7. The minimum atomic E-state index is -3.79. The van der Waals surface area contributed by atoms with Crippen molar-refractivity contribution in [3.8, 4) is 0 Å². The molecule has 1 aliphatic rings. The Morgan fingerprint density at radius 1 is 1.53 bits per heavy atom. The van der Waals surface area contributed by atoms with E-state index in [1.54, 1.807) is 0 Å². The van der Waals surface area contributed by atoms with E-state index in [0.29, 0.717) is 4.31 Å². The molecule has 1 aliphatic heterocycles. The van der Waals surface area contributed by atoms with Crippen LogP contribution in [0.2, 0.25) is 0 Å². The molecule has 0 aromatic carbocycles. The maximum Gasteiger partial charge on any atom is 0.327 e. The van der Waals surface area contributed by atoms with E-state index < -0.39 is 33.4 Å². The highest BCUT2D eigenvalue weighted by Crippen LogP contribution is 2.33. The summed E-state index contributed by atoms with van der Waals surface area (Å²) in [6.45, 7) is 4.15. The molecule has 0 spiro atoms. The third-order valence-corrected chi connectivity index (χ3v) is 4.50. The van der Waals surface area contributed by atoms with Crippen molar-refractivity contribution in [3.05, 3.63) is 0 Å². The van der Waals surface area contributed by atoms with Gasteiger partial charge in [0.25, 0.3) is 0 Å². The predicted molar refractivity (Wildman–Crippen MR) is 51.5 cm³/mol. The van der Waals surface area contributed by atoms with Crippen LogP contribution in [0.15, 0.2) is 0 Å². The molecule has 7 heteroatoms. The first-order valence-electron chi connectivity index (χ1n) is 4.39. The standard InChI is InChI=1S/C8H13NO5S/c1-5(6(10)11)9-7(12)8(2,3)4-15(9,13)14/h5H,4H2,1-3H3,(H,10,11). The number of carboxylic acid groups (broad SMARTS) is 1. The number of amides is 1. The van der Waals surface area contributed by atoms with Crippen molar-refractivity contribution in [2.75, 3.05) is 5.75 Å². The quantitative estimate of drug-likeness (QED) is 0.706. The molecular weight excluding hydrogens is 222 g/mol. The van der Waals surface area contributed by atoms with Gasteiger partial charge < -0.3 is 5.11 Å². The zero-order valence-electron chi connectivity index (χ0n) is 8.72. The maximum absolute atomic E-state index is 11.7. The van der Waals surface area contributed by atoms with Crippen LogP contribution in [0.3, 0.4) is 0 Å². The molecular formula is C8H13NO5S. The summed E-state index contributed by atoms with van der Waals surface area (Å²) in [6, 6.07) is -1.34. The first kappa shape index (κ1) is 12.0. The summed E-state index contributed by atoms with van der Waals surface area (Å²) < 4.78 is 23.6. The van der Waals surface area contributed by atoms with Gasteiger partial charge in [-0.1, -0.05) is 0 Å². The van der Waals surface area contributed by atoms with Crippen molar-refractivity contribution in [1.29, 1.82) is 0 Å². The molecule has 1 amide bonds. The van der Waals surface area contributed by atoms with Gasteiger partial charge in [-0.3, -0.25) is 4.79 Å². The lowest BCUT2D eigenvalue weighted by atomic mass is 9.95. The van der Waals surface area contributed by atoms with Gasteiger partial charge >= 0.3 is 5.97 Å². The monoisotopic (exact) mass is 235 g/mol. The van der Waals surface area contributed by atoms with Crippen molar-refractivity contribution in [3.63, 3.8) is 0 Å². The molecule has 15 heavy (non-hydrogen) atoms. The van der Waals surface area contributed by atoms with E-state index in [-0.39, 0.29) is 5.75 Å². The van der Waals surface area contributed by atoms with Crippen molar-refractivity contribution < 1.29 is 23.1 Å². The summed E-state index contributed by atoms with van der Waals surface area (Å²) in [5.41, 5.74) is -1.04. The SMILES string of the molecule is CC(C(=O)O)N1C(=O)C(C)(C)CS1(=O)=O. The third kappa shape index (κ3) is 1.83. The lowest BCUT2D eigenvalue weighted by Crippen LogP contribution is -2.44. The van der Waals surface area contributed by atoms with Crippen LogP contribution in [0.1, 0.15) is 20.8 Å². The highest BCUT2D eigenvalue weighted by atomic mass is 32.2. The average molecular weight is 235 g/mol. The molecule has 1 rings (SSSR count). The number of sulfonamides is 1. The average Bonchev–Trinajstić information content (AvgIpc) is 2.15. The summed E-state index contributed by atoms with van der Waals surface area (Å²) in [5, 5.41) is 8.70. The van der Waals surface area contributed by atoms with Crippen molar-refractivity contribution >= 4 is 21.9 Å². The molecule has 1 saturated heterocycles. The molecule has 1 N–H and O–H groups in total. The fraction of sp³-hybridized carbons (Fsp3) is 0.750. The van der Waals surface area contributed by atoms with Crippen LogP contribution in [0.5, 0.6) is 0 Å². The predicted octanol–water partition coefficient (Wildman–Crippen LogP) is -0.342. The number of nitrogens with zero attached hydrogens (tertiary/aromatic N) is 1. The summed E-state index contributed by atoms with van der Waals surface area (Å²) in [4.78, 5) is 22.3. The number of hydrogen-bond donors (Lipinski definition) is 1. The van der Waals surface area contributed by atoms with Crippen LogP contribution in [0.4, 0.5) is 0 Å². The molecule has 1 atom stereocenters. The van der Waals surface area contributed by atoms with Gasteiger partial charge in [-0.05, 0) is 20.8 Å². The topological polar surface area (TPSA) is 91.8 Å². The number of carboxylic acids is 1. The summed E-state index contributed by atoms with van der Waals surface area (Å²) in [6.07, 6.45) is 0. The summed E-state index contributed by atoms with van der Waals surface area (Å²) >= 11 is 0. The van der Waals surface area contributed by atoms with Crippen LogP contribution >= 0.6 is 0 Å². The molecule has 1 unspecified atom stereocenters. The largest absolute Gasteiger partial charge is 0.480 e. The summed E-state index contributed by atoms with van der Waals surface area (Å²) in [7, 11) is -3.79. The van der Waals surface area contributed by atoms with E-state index in [9.17, 15) is 18.0 Å². The lowest BCUT2D eigenvalue weighted by molar-refractivity contribution is -0.146. The van der Waals surface area contributed by atoms with Gasteiger partial charge in [-0.2, -0.15) is 0 Å². The Morgan fingerprint density at radius 3 is 2.27 bits per heavy atom. The summed E-state index contributed by atoms with van der Waals surface area (Å²) in [5.74, 6) is -2.32. The van der Waals surface area contributed by atoms with Crippen molar-refractivity contribution in [2.24, 2.45) is 5.41 Å². The van der Waals surface area contributed by atoms with Gasteiger partial charge in [-0.15, -0.1) is 0 Å². The molecule has 86 valence electrons. The highest BCUT2D eigenvalue weighted by molar-refractivity contribution is 7.90. The molecule has 0 aromatic rings. The van der Waals surface area contributed by atoms with E-state index in [4.69, 9.17) is 5.11 Å². The lowest BCUT2D eigenvalue weighted by Gasteiger charge is -2.20. The highest BCUT2D eigenvalue weighted by Gasteiger charge is 2.52. The van der Waals surface area contributed by atoms with E-state index in [0.717, 1.165) is 0 Å². The molecule has 0 aromatic heterocycles. The number of aliphatic carboxylic acids is 1. The van der Waals surface area contributed by atoms with Crippen LogP contribution in [-0.4, -0.2) is 41.5 Å². The van der Waals surface area contributed by atoms with E-state index in [2.05, 4.69) is 0 Å². The van der Waals surface area contributed by atoms with Crippen LogP contribution in [0.25, 0.3) is 0 Å². The molecule has 1 fully saturated rings. The molecule has 0 radical (unpaired) electrons. The van der Waals surface area contributed by atoms with Gasteiger partial charge in [0.05, 0.1) is 11.2 Å². The van der Waals surface area contributed by atoms with Crippen LogP contribution in [0, 0.1) is 5.41 Å². The van der Waals surface area contributed by atoms with Gasteiger partial charge in [0.1, 0.15) is 6.04 Å². The number of carbonyl (C=O) groups excluding carboxylic acids is 1. The fourth-order valence-corrected chi connectivity index (χ4v) is 3.78. The zero-order valence-corrected chi connectivity index (χ0v) is 9.54. The van der Waals surface area contributed by atoms with Crippen LogP contribution < -0.4 is 0 Å². The second-order valence-corrected chi connectivity index (χ2v) is 6.10. The Hall–Kier alpha value is -1.11. The number of carbonyl (C=O) groups is 2. The minimum absolute atomic E-state index is 0.337. The number of hydrogen-bond acceptors (Lipinski definition) is 4. The normalized spacial score (nSPS) is 25.3. The Kier molecular flexibility index (Phi) is 2.55.